The zero-order chi connectivity index (χ0) is 22.9. The number of hydrogen-bond donors (Lipinski definition) is 1. The number of nitrogens with zero attached hydrogens (tertiary/aromatic N) is 5. The number of amides is 1. The molecule has 0 bridgehead atoms. The molecule has 3 aromatic rings. The van der Waals surface area contributed by atoms with Crippen molar-refractivity contribution in [1.29, 1.82) is 0 Å². The highest BCUT2D eigenvalue weighted by molar-refractivity contribution is 6.35. The average molecular weight is 465 g/mol. The molecule has 1 unspecified atom stereocenters. The zero-order valence-electron chi connectivity index (χ0n) is 17.5. The van der Waals surface area contributed by atoms with Crippen LogP contribution in [0.15, 0.2) is 24.3 Å². The van der Waals surface area contributed by atoms with Gasteiger partial charge in [0.1, 0.15) is 0 Å². The molecule has 0 saturated carbocycles. The first-order valence-corrected chi connectivity index (χ1v) is 10.4. The Hall–Kier alpha value is -2.91. The molecule has 0 spiro atoms. The van der Waals surface area contributed by atoms with Crippen molar-refractivity contribution in [1.82, 2.24) is 19.6 Å². The number of anilines is 1. The quantitative estimate of drug-likeness (QED) is 0.396. The summed E-state index contributed by atoms with van der Waals surface area (Å²) >= 11 is 12.2. The van der Waals surface area contributed by atoms with Crippen LogP contribution in [0.3, 0.4) is 0 Å². The lowest BCUT2D eigenvalue weighted by atomic mass is 10.2. The van der Waals surface area contributed by atoms with Gasteiger partial charge in [-0.2, -0.15) is 9.78 Å². The van der Waals surface area contributed by atoms with Gasteiger partial charge in [-0.15, -0.1) is 0 Å². The maximum Gasteiger partial charge on any atom is 0.390 e. The predicted molar refractivity (Wildman–Crippen MR) is 119 cm³/mol. The van der Waals surface area contributed by atoms with Crippen molar-refractivity contribution < 1.29 is 9.72 Å². The second-order valence-corrected chi connectivity index (χ2v) is 8.04. The normalized spacial score (nSPS) is 12.1. The minimum atomic E-state index is -0.693. The van der Waals surface area contributed by atoms with Crippen LogP contribution < -0.4 is 5.32 Å². The van der Waals surface area contributed by atoms with Gasteiger partial charge in [-0.1, -0.05) is 36.2 Å². The summed E-state index contributed by atoms with van der Waals surface area (Å²) in [4.78, 5) is 23.5. The Balaban J connectivity index is 1.85. The molecule has 0 aliphatic rings. The number of hydrogen-bond acceptors (Lipinski definition) is 5. The fourth-order valence-corrected chi connectivity index (χ4v) is 3.86. The minimum absolute atomic E-state index is 0.288. The standard InChI is InChI=1S/C20H22Cl2N6O3/c1-5-17(27-11(2)8-18(25-27)28(30)31)20(29)23-19-12(3)24-26(13(19)4)10-14-6-7-15(21)9-16(14)22/h6-9,17H,5,10H2,1-4H3,(H,23,29). The molecule has 0 aliphatic heterocycles. The number of aromatic nitrogens is 4. The van der Waals surface area contributed by atoms with Crippen molar-refractivity contribution in [3.05, 3.63) is 67.1 Å². The fourth-order valence-electron chi connectivity index (χ4n) is 3.39. The van der Waals surface area contributed by atoms with Gasteiger partial charge in [0.05, 0.1) is 40.5 Å². The third kappa shape index (κ3) is 4.72. The van der Waals surface area contributed by atoms with Gasteiger partial charge in [-0.05, 0) is 49.8 Å². The van der Waals surface area contributed by atoms with Gasteiger partial charge in [-0.25, -0.2) is 0 Å². The van der Waals surface area contributed by atoms with E-state index in [9.17, 15) is 14.9 Å². The highest BCUT2D eigenvalue weighted by Gasteiger charge is 2.28. The van der Waals surface area contributed by atoms with Crippen LogP contribution in [0.25, 0.3) is 0 Å². The van der Waals surface area contributed by atoms with Crippen molar-refractivity contribution in [3.63, 3.8) is 0 Å². The van der Waals surface area contributed by atoms with E-state index >= 15 is 0 Å². The van der Waals surface area contributed by atoms with E-state index in [2.05, 4.69) is 15.5 Å². The first-order valence-electron chi connectivity index (χ1n) is 9.61. The van der Waals surface area contributed by atoms with E-state index in [0.717, 1.165) is 11.3 Å². The largest absolute Gasteiger partial charge is 0.390 e. The Morgan fingerprint density at radius 2 is 1.94 bits per heavy atom. The van der Waals surface area contributed by atoms with E-state index in [1.165, 1.54) is 10.7 Å². The minimum Gasteiger partial charge on any atom is -0.358 e. The smallest absolute Gasteiger partial charge is 0.358 e. The van der Waals surface area contributed by atoms with Crippen LogP contribution in [0.2, 0.25) is 10.0 Å². The fraction of sp³-hybridized carbons (Fsp3) is 0.350. The van der Waals surface area contributed by atoms with Gasteiger partial charge < -0.3 is 15.4 Å². The lowest BCUT2D eigenvalue weighted by Gasteiger charge is -2.14. The Morgan fingerprint density at radius 1 is 1.23 bits per heavy atom. The van der Waals surface area contributed by atoms with Crippen molar-refractivity contribution in [2.24, 2.45) is 0 Å². The van der Waals surface area contributed by atoms with E-state index in [0.29, 0.717) is 40.1 Å². The van der Waals surface area contributed by atoms with Gasteiger partial charge >= 0.3 is 5.82 Å². The molecule has 0 aliphatic carbocycles. The Kier molecular flexibility index (Phi) is 6.66. The van der Waals surface area contributed by atoms with E-state index in [1.807, 2.05) is 19.9 Å². The second kappa shape index (κ2) is 9.07. The summed E-state index contributed by atoms with van der Waals surface area (Å²) in [7, 11) is 0. The number of nitro groups is 1. The number of carbonyl (C=O) groups is 1. The van der Waals surface area contributed by atoms with Crippen LogP contribution in [0.1, 0.15) is 42.0 Å². The lowest BCUT2D eigenvalue weighted by molar-refractivity contribution is -0.389. The molecule has 1 N–H and O–H groups in total. The molecular weight excluding hydrogens is 443 g/mol. The van der Waals surface area contributed by atoms with Crippen LogP contribution in [0.5, 0.6) is 0 Å². The second-order valence-electron chi connectivity index (χ2n) is 7.20. The predicted octanol–water partition coefficient (Wildman–Crippen LogP) is 4.86. The molecule has 1 aromatic carbocycles. The SMILES string of the molecule is CCC(C(=O)Nc1c(C)nn(Cc2ccc(Cl)cc2Cl)c1C)n1nc([N+](=O)[O-])cc1C. The van der Waals surface area contributed by atoms with Crippen molar-refractivity contribution >= 4 is 40.6 Å². The molecule has 9 nitrogen and oxygen atoms in total. The molecule has 1 amide bonds. The maximum absolute atomic E-state index is 13.0. The van der Waals surface area contributed by atoms with E-state index in [4.69, 9.17) is 23.2 Å². The molecular formula is C20H22Cl2N6O3. The summed E-state index contributed by atoms with van der Waals surface area (Å²) in [5.41, 5.74) is 3.38. The number of benzene rings is 1. The van der Waals surface area contributed by atoms with E-state index in [-0.39, 0.29) is 11.7 Å². The summed E-state index contributed by atoms with van der Waals surface area (Å²) in [6, 6.07) is 5.92. The topological polar surface area (TPSA) is 108 Å². The average Bonchev–Trinajstić information content (AvgIpc) is 3.20. The molecule has 0 radical (unpaired) electrons. The first-order chi connectivity index (χ1) is 14.6. The molecule has 3 rings (SSSR count). The molecule has 2 aromatic heterocycles. The molecule has 2 heterocycles. The monoisotopic (exact) mass is 464 g/mol. The lowest BCUT2D eigenvalue weighted by Crippen LogP contribution is -2.27. The summed E-state index contributed by atoms with van der Waals surface area (Å²) in [5.74, 6) is -0.609. The number of rotatable bonds is 7. The maximum atomic E-state index is 13.0. The molecule has 0 saturated heterocycles. The van der Waals surface area contributed by atoms with Crippen molar-refractivity contribution in [2.75, 3.05) is 5.32 Å². The van der Waals surface area contributed by atoms with E-state index < -0.39 is 11.0 Å². The van der Waals surface area contributed by atoms with Gasteiger partial charge in [-0.3, -0.25) is 9.48 Å². The van der Waals surface area contributed by atoms with Crippen LogP contribution in [-0.4, -0.2) is 30.4 Å². The van der Waals surface area contributed by atoms with Crippen LogP contribution >= 0.6 is 23.2 Å². The first kappa shape index (κ1) is 22.8. The number of aryl methyl sites for hydroxylation is 2. The summed E-state index contributed by atoms with van der Waals surface area (Å²) < 4.78 is 3.14. The van der Waals surface area contributed by atoms with Crippen LogP contribution in [-0.2, 0) is 11.3 Å². The van der Waals surface area contributed by atoms with Gasteiger partial charge in [0.15, 0.2) is 6.04 Å². The molecule has 164 valence electrons. The van der Waals surface area contributed by atoms with Crippen molar-refractivity contribution in [2.45, 2.75) is 46.7 Å². The van der Waals surface area contributed by atoms with Gasteiger partial charge in [0.25, 0.3) is 5.91 Å². The van der Waals surface area contributed by atoms with Crippen LogP contribution in [0, 0.1) is 30.9 Å². The highest BCUT2D eigenvalue weighted by Crippen LogP contribution is 2.26. The van der Waals surface area contributed by atoms with Gasteiger partial charge in [0, 0.05) is 10.0 Å². The molecule has 1 atom stereocenters. The van der Waals surface area contributed by atoms with Crippen molar-refractivity contribution in [3.8, 4) is 0 Å². The highest BCUT2D eigenvalue weighted by atomic mass is 35.5. The third-order valence-corrected chi connectivity index (χ3v) is 5.63. The number of halogens is 2. The zero-order valence-corrected chi connectivity index (χ0v) is 19.0. The summed E-state index contributed by atoms with van der Waals surface area (Å²) in [5, 5.41) is 23.5. The molecule has 11 heteroatoms. The summed E-state index contributed by atoms with van der Waals surface area (Å²) in [6.07, 6.45) is 0.415. The summed E-state index contributed by atoms with van der Waals surface area (Å²) in [6.45, 7) is 7.57. The number of carbonyl (C=O) groups excluding carboxylic acids is 1. The number of nitrogens with one attached hydrogen (secondary N) is 1. The van der Waals surface area contributed by atoms with E-state index in [1.54, 1.807) is 30.7 Å². The third-order valence-electron chi connectivity index (χ3n) is 5.05. The Labute approximate surface area is 189 Å². The van der Waals surface area contributed by atoms with Crippen LogP contribution in [0.4, 0.5) is 11.5 Å². The molecule has 0 fully saturated rings. The Bertz CT molecular complexity index is 1150. The Morgan fingerprint density at radius 3 is 2.52 bits per heavy atom. The molecule has 31 heavy (non-hydrogen) atoms. The van der Waals surface area contributed by atoms with Gasteiger partial charge in [0.2, 0.25) is 0 Å².